The molecule has 0 spiro atoms. The van der Waals surface area contributed by atoms with Crippen LogP contribution in [-0.2, 0) is 38.1 Å². The molecule has 0 aliphatic carbocycles. The van der Waals surface area contributed by atoms with E-state index in [1.54, 1.807) is 13.8 Å². The summed E-state index contributed by atoms with van der Waals surface area (Å²) in [5.41, 5.74) is 0. The molecule has 0 aliphatic rings. The van der Waals surface area contributed by atoms with Gasteiger partial charge in [0.25, 0.3) is 20.2 Å². The molecule has 12 nitrogen and oxygen atoms in total. The SMILES string of the molecule is CCOC(=O)NCC(OS(C)(=O)=O)C(CNC(=O)OCC)OS(C)(=O)=O. The Kier molecular flexibility index (Phi) is 10.4. The first kappa shape index (κ1) is 24.4. The van der Waals surface area contributed by atoms with E-state index in [4.69, 9.17) is 8.37 Å². The van der Waals surface area contributed by atoms with E-state index in [9.17, 15) is 26.4 Å². The van der Waals surface area contributed by atoms with Crippen LogP contribution in [0.4, 0.5) is 9.59 Å². The van der Waals surface area contributed by atoms with Gasteiger partial charge in [0.1, 0.15) is 12.2 Å². The van der Waals surface area contributed by atoms with E-state index in [2.05, 4.69) is 20.1 Å². The fourth-order valence-electron chi connectivity index (χ4n) is 1.64. The maximum absolute atomic E-state index is 11.4. The van der Waals surface area contributed by atoms with E-state index in [-0.39, 0.29) is 13.2 Å². The summed E-state index contributed by atoms with van der Waals surface area (Å²) in [6.07, 6.45) is -3.20. The van der Waals surface area contributed by atoms with Crippen LogP contribution in [0.5, 0.6) is 0 Å². The normalized spacial score (nSPS) is 14.2. The number of hydrogen-bond acceptors (Lipinski definition) is 10. The Bertz CT molecular complexity index is 603. The number of amides is 2. The Morgan fingerprint density at radius 2 is 1.08 bits per heavy atom. The molecule has 0 rings (SSSR count). The van der Waals surface area contributed by atoms with Gasteiger partial charge in [0.15, 0.2) is 0 Å². The molecule has 0 aromatic rings. The van der Waals surface area contributed by atoms with Gasteiger partial charge >= 0.3 is 12.2 Å². The molecule has 0 aliphatic heterocycles. The zero-order chi connectivity index (χ0) is 20.4. The van der Waals surface area contributed by atoms with Crippen LogP contribution >= 0.6 is 0 Å². The molecule has 2 N–H and O–H groups in total. The minimum absolute atomic E-state index is 0.0666. The van der Waals surface area contributed by atoms with Crippen LogP contribution in [0.25, 0.3) is 0 Å². The highest BCUT2D eigenvalue weighted by molar-refractivity contribution is 7.86. The van der Waals surface area contributed by atoms with Crippen LogP contribution < -0.4 is 10.6 Å². The molecule has 0 saturated carbocycles. The van der Waals surface area contributed by atoms with Gasteiger partial charge in [-0.15, -0.1) is 0 Å². The molecule has 0 bridgehead atoms. The average Bonchev–Trinajstić information content (AvgIpc) is 2.46. The molecule has 0 heterocycles. The quantitative estimate of drug-likeness (QED) is 0.403. The van der Waals surface area contributed by atoms with Gasteiger partial charge in [-0.2, -0.15) is 16.8 Å². The number of ether oxygens (including phenoxy) is 2. The molecule has 2 unspecified atom stereocenters. The Labute approximate surface area is 152 Å². The molecule has 2 atom stereocenters. The third-order valence-corrected chi connectivity index (χ3v) is 3.65. The topological polar surface area (TPSA) is 163 Å². The molecule has 0 fully saturated rings. The summed E-state index contributed by atoms with van der Waals surface area (Å²) in [5.74, 6) is 0. The van der Waals surface area contributed by atoms with Gasteiger partial charge in [-0.1, -0.05) is 0 Å². The number of alkyl carbamates (subject to hydrolysis) is 2. The highest BCUT2D eigenvalue weighted by atomic mass is 32.2. The van der Waals surface area contributed by atoms with Gasteiger partial charge < -0.3 is 20.1 Å². The summed E-state index contributed by atoms with van der Waals surface area (Å²) in [6, 6.07) is 0. The summed E-state index contributed by atoms with van der Waals surface area (Å²) in [7, 11) is -8.09. The van der Waals surface area contributed by atoms with Crippen LogP contribution in [0.15, 0.2) is 0 Å². The smallest absolute Gasteiger partial charge is 0.407 e. The van der Waals surface area contributed by atoms with Crippen molar-refractivity contribution in [2.24, 2.45) is 0 Å². The first-order valence-corrected chi connectivity index (χ1v) is 11.1. The van der Waals surface area contributed by atoms with Crippen LogP contribution in [0.2, 0.25) is 0 Å². The largest absolute Gasteiger partial charge is 0.450 e. The molecule has 0 saturated heterocycles. The van der Waals surface area contributed by atoms with E-state index in [1.807, 2.05) is 0 Å². The predicted molar refractivity (Wildman–Crippen MR) is 89.5 cm³/mol. The molecule has 0 aromatic heterocycles. The fourth-order valence-corrected chi connectivity index (χ4v) is 2.92. The van der Waals surface area contributed by atoms with E-state index in [0.29, 0.717) is 0 Å². The minimum atomic E-state index is -4.04. The zero-order valence-corrected chi connectivity index (χ0v) is 16.5. The van der Waals surface area contributed by atoms with Crippen LogP contribution in [0, 0.1) is 0 Å². The van der Waals surface area contributed by atoms with Crippen LogP contribution in [-0.4, -0.2) is 80.0 Å². The second-order valence-corrected chi connectivity index (χ2v) is 8.08. The second-order valence-electron chi connectivity index (χ2n) is 4.88. The zero-order valence-electron chi connectivity index (χ0n) is 14.9. The highest BCUT2D eigenvalue weighted by Crippen LogP contribution is 2.10. The number of nitrogens with one attached hydrogen (secondary N) is 2. The van der Waals surface area contributed by atoms with Crippen molar-refractivity contribution in [1.29, 1.82) is 0 Å². The van der Waals surface area contributed by atoms with Gasteiger partial charge in [-0.25, -0.2) is 9.59 Å². The monoisotopic (exact) mass is 420 g/mol. The van der Waals surface area contributed by atoms with E-state index in [1.165, 1.54) is 0 Å². The fraction of sp³-hybridized carbons (Fsp3) is 0.833. The van der Waals surface area contributed by atoms with Crippen molar-refractivity contribution >= 4 is 32.4 Å². The van der Waals surface area contributed by atoms with Gasteiger partial charge in [-0.3, -0.25) is 8.37 Å². The standard InChI is InChI=1S/C12H24N2O10S2/c1-5-21-11(15)13-7-9(23-25(3,17)18)10(24-26(4,19)20)8-14-12(16)22-6-2/h9-10H,5-8H2,1-4H3,(H,13,15)(H,14,16). The van der Waals surface area contributed by atoms with E-state index < -0.39 is 57.7 Å². The molecule has 14 heteroatoms. The lowest BCUT2D eigenvalue weighted by atomic mass is 10.2. The maximum Gasteiger partial charge on any atom is 0.407 e. The van der Waals surface area contributed by atoms with E-state index in [0.717, 1.165) is 12.5 Å². The summed E-state index contributed by atoms with van der Waals surface area (Å²) in [6.45, 7) is 2.33. The molecule has 26 heavy (non-hydrogen) atoms. The van der Waals surface area contributed by atoms with Crippen molar-refractivity contribution in [3.63, 3.8) is 0 Å². The molecule has 0 aromatic carbocycles. The predicted octanol–water partition coefficient (Wildman–Crippen LogP) is -0.832. The molecule has 0 radical (unpaired) electrons. The molecular weight excluding hydrogens is 396 g/mol. The molecule has 154 valence electrons. The van der Waals surface area contributed by atoms with Gasteiger partial charge in [0, 0.05) is 0 Å². The number of carbonyl (C=O) groups is 2. The van der Waals surface area contributed by atoms with Crippen LogP contribution in [0.3, 0.4) is 0 Å². The highest BCUT2D eigenvalue weighted by Gasteiger charge is 2.31. The summed E-state index contributed by atoms with van der Waals surface area (Å²) < 4.78 is 64.6. The van der Waals surface area contributed by atoms with Crippen molar-refractivity contribution in [3.05, 3.63) is 0 Å². The Morgan fingerprint density at radius 3 is 1.31 bits per heavy atom. The van der Waals surface area contributed by atoms with Gasteiger partial charge in [0.2, 0.25) is 0 Å². The summed E-state index contributed by atoms with van der Waals surface area (Å²) in [5, 5.41) is 4.43. The Morgan fingerprint density at radius 1 is 0.769 bits per heavy atom. The van der Waals surface area contributed by atoms with E-state index >= 15 is 0 Å². The van der Waals surface area contributed by atoms with Crippen LogP contribution in [0.1, 0.15) is 13.8 Å². The van der Waals surface area contributed by atoms with Crippen molar-refractivity contribution in [2.75, 3.05) is 38.8 Å². The average molecular weight is 420 g/mol. The van der Waals surface area contributed by atoms with Crippen molar-refractivity contribution in [3.8, 4) is 0 Å². The molecular formula is C12H24N2O10S2. The van der Waals surface area contributed by atoms with Gasteiger partial charge in [-0.05, 0) is 13.8 Å². The van der Waals surface area contributed by atoms with Crippen molar-refractivity contribution in [2.45, 2.75) is 26.1 Å². The minimum Gasteiger partial charge on any atom is -0.450 e. The Balaban J connectivity index is 5.31. The number of carbonyl (C=O) groups excluding carboxylic acids is 2. The number of hydrogen-bond donors (Lipinski definition) is 2. The maximum atomic E-state index is 11.4. The van der Waals surface area contributed by atoms with Gasteiger partial charge in [0.05, 0.1) is 38.8 Å². The first-order chi connectivity index (χ1) is 11.9. The van der Waals surface area contributed by atoms with Crippen molar-refractivity contribution < 1.29 is 44.3 Å². The molecule has 2 amide bonds. The first-order valence-electron chi connectivity index (χ1n) is 7.45. The Hall–Kier alpha value is -1.64. The summed E-state index contributed by atoms with van der Waals surface area (Å²) in [4.78, 5) is 22.8. The lowest BCUT2D eigenvalue weighted by Gasteiger charge is -2.25. The lowest BCUT2D eigenvalue weighted by Crippen LogP contribution is -2.49. The summed E-state index contributed by atoms with van der Waals surface area (Å²) >= 11 is 0. The lowest BCUT2D eigenvalue weighted by molar-refractivity contribution is 0.0598. The third-order valence-electron chi connectivity index (χ3n) is 2.46. The third kappa shape index (κ3) is 12.7. The van der Waals surface area contributed by atoms with Crippen molar-refractivity contribution in [1.82, 2.24) is 10.6 Å². The number of rotatable bonds is 11. The second kappa shape index (κ2) is 11.2.